The Morgan fingerprint density at radius 3 is 3.18 bits per heavy atom. The topological polar surface area (TPSA) is 56.8 Å². The molecule has 4 nitrogen and oxygen atoms in total. The second kappa shape index (κ2) is 2.06. The van der Waals surface area contributed by atoms with Gasteiger partial charge in [-0.25, -0.2) is 0 Å². The number of hydrogen-bond acceptors (Lipinski definition) is 2. The number of benzene rings is 1. The van der Waals surface area contributed by atoms with E-state index in [4.69, 9.17) is 5.39 Å². The summed E-state index contributed by atoms with van der Waals surface area (Å²) in [7, 11) is 0. The van der Waals surface area contributed by atoms with Crippen molar-refractivity contribution in [2.75, 3.05) is 0 Å². The normalized spacial score (nSPS) is 9.73. The van der Waals surface area contributed by atoms with Crippen LogP contribution < -0.4 is 0 Å². The molecule has 4 heteroatoms. The summed E-state index contributed by atoms with van der Waals surface area (Å²) in [5.41, 5.74) is 1.41. The zero-order chi connectivity index (χ0) is 7.68. The van der Waals surface area contributed by atoms with E-state index in [-0.39, 0.29) is 0 Å². The van der Waals surface area contributed by atoms with Crippen LogP contribution >= 0.6 is 0 Å². The molecule has 2 aromatic rings. The maximum atomic E-state index is 8.54. The molecule has 0 aliphatic heterocycles. The highest BCUT2D eigenvalue weighted by Gasteiger charge is 2.10. The fourth-order valence-corrected chi connectivity index (χ4v) is 1.04. The molecule has 0 amide bonds. The Bertz CT molecular complexity index is 423. The molecule has 52 valence electrons. The van der Waals surface area contributed by atoms with Crippen molar-refractivity contribution in [3.63, 3.8) is 0 Å². The van der Waals surface area contributed by atoms with E-state index in [0.29, 0.717) is 5.69 Å². The van der Waals surface area contributed by atoms with Crippen molar-refractivity contribution in [1.29, 1.82) is 5.39 Å². The SMILES string of the molecule is N#[N+]c1cccc2[nH]ncc12. The average Bonchev–Trinajstić information content (AvgIpc) is 2.50. The summed E-state index contributed by atoms with van der Waals surface area (Å²) < 4.78 is 0. The van der Waals surface area contributed by atoms with Gasteiger partial charge in [-0.15, -0.1) is 0 Å². The van der Waals surface area contributed by atoms with Gasteiger partial charge in [-0.1, -0.05) is 6.07 Å². The number of rotatable bonds is 0. The van der Waals surface area contributed by atoms with Crippen molar-refractivity contribution >= 4 is 16.6 Å². The lowest BCUT2D eigenvalue weighted by atomic mass is 10.2. The predicted octanol–water partition coefficient (Wildman–Crippen LogP) is 2.05. The van der Waals surface area contributed by atoms with Crippen LogP contribution in [0.25, 0.3) is 15.9 Å². The van der Waals surface area contributed by atoms with Gasteiger partial charge in [0.2, 0.25) is 5.39 Å². The van der Waals surface area contributed by atoms with Crippen LogP contribution in [-0.4, -0.2) is 10.2 Å². The number of diazo groups is 1. The third-order valence-electron chi connectivity index (χ3n) is 1.57. The van der Waals surface area contributed by atoms with E-state index in [9.17, 15) is 0 Å². The van der Waals surface area contributed by atoms with Crippen molar-refractivity contribution in [3.05, 3.63) is 29.4 Å². The molecule has 1 N–H and O–H groups in total. The van der Waals surface area contributed by atoms with E-state index in [1.165, 1.54) is 0 Å². The molecule has 0 atom stereocenters. The average molecular weight is 145 g/mol. The molecule has 0 aliphatic carbocycles. The fourth-order valence-electron chi connectivity index (χ4n) is 1.04. The highest BCUT2D eigenvalue weighted by Crippen LogP contribution is 2.23. The van der Waals surface area contributed by atoms with Crippen molar-refractivity contribution in [1.82, 2.24) is 10.2 Å². The van der Waals surface area contributed by atoms with Crippen molar-refractivity contribution < 1.29 is 0 Å². The van der Waals surface area contributed by atoms with E-state index >= 15 is 0 Å². The molecule has 0 saturated heterocycles. The first-order valence-corrected chi connectivity index (χ1v) is 3.19. The molecule has 0 radical (unpaired) electrons. The monoisotopic (exact) mass is 145 g/mol. The maximum absolute atomic E-state index is 8.54. The van der Waals surface area contributed by atoms with Crippen LogP contribution in [0.1, 0.15) is 0 Å². The summed E-state index contributed by atoms with van der Waals surface area (Å²) in [5.74, 6) is 0. The van der Waals surface area contributed by atoms with E-state index in [2.05, 4.69) is 15.2 Å². The Morgan fingerprint density at radius 2 is 2.36 bits per heavy atom. The third kappa shape index (κ3) is 0.749. The van der Waals surface area contributed by atoms with Crippen LogP contribution in [-0.2, 0) is 0 Å². The number of hydrogen-bond donors (Lipinski definition) is 1. The second-order valence-electron chi connectivity index (χ2n) is 2.21. The van der Waals surface area contributed by atoms with E-state index in [1.807, 2.05) is 6.07 Å². The Labute approximate surface area is 62.5 Å². The number of aromatic nitrogens is 2. The Hall–Kier alpha value is -1.89. The minimum Gasteiger partial charge on any atom is -0.278 e. The number of aromatic amines is 1. The molecule has 0 bridgehead atoms. The third-order valence-corrected chi connectivity index (χ3v) is 1.57. The highest BCUT2D eigenvalue weighted by atomic mass is 15.1. The standard InChI is InChI=1S/C7H5N4/c8-10-6-2-1-3-7-5(6)4-9-11-7/h1-4H,(H,9,11)/q+1. The largest absolute Gasteiger partial charge is 0.395 e. The summed E-state index contributed by atoms with van der Waals surface area (Å²) in [4.78, 5) is 3.11. The van der Waals surface area contributed by atoms with Gasteiger partial charge in [0, 0.05) is 6.07 Å². The first kappa shape index (κ1) is 5.86. The van der Waals surface area contributed by atoms with Crippen LogP contribution in [0.4, 0.5) is 5.69 Å². The van der Waals surface area contributed by atoms with E-state index in [1.54, 1.807) is 18.3 Å². The van der Waals surface area contributed by atoms with Crippen molar-refractivity contribution in [2.24, 2.45) is 0 Å². The van der Waals surface area contributed by atoms with E-state index in [0.717, 1.165) is 10.9 Å². The van der Waals surface area contributed by atoms with Crippen LogP contribution in [0, 0.1) is 5.39 Å². The summed E-state index contributed by atoms with van der Waals surface area (Å²) in [6.45, 7) is 0. The molecule has 0 spiro atoms. The molecule has 0 saturated carbocycles. The van der Waals surface area contributed by atoms with E-state index < -0.39 is 0 Å². The lowest BCUT2D eigenvalue weighted by Crippen LogP contribution is -1.66. The number of nitrogens with one attached hydrogen (secondary N) is 1. The predicted molar refractivity (Wildman–Crippen MR) is 40.8 cm³/mol. The fraction of sp³-hybridized carbons (Fsp3) is 0. The smallest absolute Gasteiger partial charge is 0.278 e. The highest BCUT2D eigenvalue weighted by molar-refractivity contribution is 5.90. The zero-order valence-electron chi connectivity index (χ0n) is 5.65. The second-order valence-corrected chi connectivity index (χ2v) is 2.21. The maximum Gasteiger partial charge on any atom is 0.395 e. The molecule has 0 fully saturated rings. The van der Waals surface area contributed by atoms with Gasteiger partial charge in [-0.3, -0.25) is 5.10 Å². The van der Waals surface area contributed by atoms with Gasteiger partial charge in [0.15, 0.2) is 4.98 Å². The number of nitrogens with zero attached hydrogens (tertiary/aromatic N) is 3. The zero-order valence-corrected chi connectivity index (χ0v) is 5.65. The molecule has 11 heavy (non-hydrogen) atoms. The lowest BCUT2D eigenvalue weighted by molar-refractivity contribution is 1.12. The van der Waals surface area contributed by atoms with Crippen LogP contribution in [0.15, 0.2) is 24.4 Å². The first-order chi connectivity index (χ1) is 5.42. The summed E-state index contributed by atoms with van der Waals surface area (Å²) >= 11 is 0. The summed E-state index contributed by atoms with van der Waals surface area (Å²) in [6.07, 6.45) is 1.63. The minimum absolute atomic E-state index is 0.538. The van der Waals surface area contributed by atoms with Gasteiger partial charge in [-0.05, 0) is 6.07 Å². The van der Waals surface area contributed by atoms with Crippen molar-refractivity contribution in [3.8, 4) is 0 Å². The van der Waals surface area contributed by atoms with Crippen LogP contribution in [0.5, 0.6) is 0 Å². The Balaban J connectivity index is 2.92. The van der Waals surface area contributed by atoms with Gasteiger partial charge >= 0.3 is 5.69 Å². The van der Waals surface area contributed by atoms with Gasteiger partial charge < -0.3 is 0 Å². The van der Waals surface area contributed by atoms with Crippen molar-refractivity contribution in [2.45, 2.75) is 0 Å². The van der Waals surface area contributed by atoms with Gasteiger partial charge in [0.1, 0.15) is 5.39 Å². The van der Waals surface area contributed by atoms with Gasteiger partial charge in [0.25, 0.3) is 0 Å². The molecular formula is C7H5N4+. The van der Waals surface area contributed by atoms with Gasteiger partial charge in [0.05, 0.1) is 11.7 Å². The van der Waals surface area contributed by atoms with Crippen LogP contribution in [0.2, 0.25) is 0 Å². The van der Waals surface area contributed by atoms with Crippen LogP contribution in [0.3, 0.4) is 0 Å². The molecule has 0 unspecified atom stereocenters. The molecule has 1 aromatic carbocycles. The molecule has 2 rings (SSSR count). The molecule has 0 aliphatic rings. The molecular weight excluding hydrogens is 140 g/mol. The number of H-pyrrole nitrogens is 1. The summed E-state index contributed by atoms with van der Waals surface area (Å²) in [6, 6.07) is 5.39. The quantitative estimate of drug-likeness (QED) is 0.576. The van der Waals surface area contributed by atoms with Gasteiger partial charge in [-0.2, -0.15) is 5.10 Å². The lowest BCUT2D eigenvalue weighted by Gasteiger charge is -1.79. The molecule has 1 heterocycles. The number of fused-ring (bicyclic) bond motifs is 1. The molecule has 1 aromatic heterocycles. The minimum atomic E-state index is 0.538. The summed E-state index contributed by atoms with van der Waals surface area (Å²) in [5, 5.41) is 16.0. The Morgan fingerprint density at radius 1 is 1.45 bits per heavy atom. The Kier molecular flexibility index (Phi) is 1.10. The first-order valence-electron chi connectivity index (χ1n) is 3.19.